The zero-order chi connectivity index (χ0) is 20.8. The first-order chi connectivity index (χ1) is 14.5. The number of aromatic nitrogens is 3. The van der Waals surface area contributed by atoms with Gasteiger partial charge >= 0.3 is 6.61 Å². The number of hydrogen-bond donors (Lipinski definition) is 1. The number of alkyl halides is 2. The maximum absolute atomic E-state index is 12.7. The van der Waals surface area contributed by atoms with Gasteiger partial charge in [-0.25, -0.2) is 15.0 Å². The van der Waals surface area contributed by atoms with E-state index in [1.807, 2.05) is 13.0 Å². The number of rotatable bonds is 6. The van der Waals surface area contributed by atoms with Gasteiger partial charge in [-0.15, -0.1) is 0 Å². The lowest BCUT2D eigenvalue weighted by Crippen LogP contribution is -2.35. The molecule has 4 heterocycles. The third-order valence-corrected chi connectivity index (χ3v) is 6.49. The lowest BCUT2D eigenvalue weighted by atomic mass is 10.1. The van der Waals surface area contributed by atoms with Gasteiger partial charge in [-0.1, -0.05) is 6.92 Å². The first-order valence-electron chi connectivity index (χ1n) is 10.4. The number of likely N-dealkylation sites (tertiary alicyclic amines) is 1. The van der Waals surface area contributed by atoms with Crippen molar-refractivity contribution in [3.63, 3.8) is 0 Å². The molecular weight excluding hydrogens is 392 g/mol. The van der Waals surface area contributed by atoms with Gasteiger partial charge in [0.1, 0.15) is 5.82 Å². The number of piperidine rings is 1. The zero-order valence-electron chi connectivity index (χ0n) is 16.8. The third-order valence-electron chi connectivity index (χ3n) is 6.49. The molecule has 7 nitrogen and oxygen atoms in total. The van der Waals surface area contributed by atoms with Gasteiger partial charge < -0.3 is 15.2 Å². The van der Waals surface area contributed by atoms with E-state index in [2.05, 4.69) is 19.6 Å². The summed E-state index contributed by atoms with van der Waals surface area (Å²) in [6.45, 7) is 2.91. The SMILES string of the molecule is CCc1nc(-c2cnc(N)c(OC(F)F)c2)cc(C2[C@H]3CN(C4CCOC4)C[C@@H]23)n1. The molecule has 0 aromatic carbocycles. The fourth-order valence-electron chi connectivity index (χ4n) is 4.89. The first-order valence-corrected chi connectivity index (χ1v) is 10.4. The van der Waals surface area contributed by atoms with E-state index in [-0.39, 0.29) is 11.6 Å². The summed E-state index contributed by atoms with van der Waals surface area (Å²) < 4.78 is 35.4. The number of nitrogens with two attached hydrogens (primary N) is 1. The van der Waals surface area contributed by atoms with Crippen molar-refractivity contribution in [2.75, 3.05) is 32.0 Å². The van der Waals surface area contributed by atoms with Crippen molar-refractivity contribution in [2.24, 2.45) is 11.8 Å². The maximum atomic E-state index is 12.7. The minimum Gasteiger partial charge on any atom is -0.431 e. The predicted octanol–water partition coefficient (Wildman–Crippen LogP) is 2.72. The van der Waals surface area contributed by atoms with Crippen molar-refractivity contribution >= 4 is 5.82 Å². The molecule has 3 fully saturated rings. The molecule has 2 aromatic heterocycles. The molecule has 0 bridgehead atoms. The van der Waals surface area contributed by atoms with Crippen molar-refractivity contribution in [3.8, 4) is 17.0 Å². The Kier molecular flexibility index (Phi) is 5.02. The lowest BCUT2D eigenvalue weighted by Gasteiger charge is -2.25. The van der Waals surface area contributed by atoms with Crippen LogP contribution in [-0.4, -0.2) is 58.8 Å². The number of pyridine rings is 1. The first kappa shape index (κ1) is 19.6. The normalized spacial score (nSPS) is 28.1. The predicted molar refractivity (Wildman–Crippen MR) is 106 cm³/mol. The van der Waals surface area contributed by atoms with Crippen LogP contribution in [0.3, 0.4) is 0 Å². The standard InChI is InChI=1S/C21H25F2N5O2/c1-2-18-26-15(11-5-17(30-21(22)23)20(24)25-7-11)6-16(27-18)19-13-8-28(9-14(13)19)12-3-4-29-10-12/h5-7,12-14,19,21H,2-4,8-10H2,1H3,(H2,24,25)/t12?,13-,14+,19?. The highest BCUT2D eigenvalue weighted by molar-refractivity contribution is 5.64. The Morgan fingerprint density at radius 1 is 1.27 bits per heavy atom. The molecule has 3 aliphatic rings. The van der Waals surface area contributed by atoms with E-state index in [0.717, 1.165) is 44.2 Å². The quantitative estimate of drug-likeness (QED) is 0.773. The molecule has 9 heteroatoms. The van der Waals surface area contributed by atoms with Crippen LogP contribution in [0.15, 0.2) is 18.3 Å². The third kappa shape index (κ3) is 3.60. The summed E-state index contributed by atoms with van der Waals surface area (Å²) in [5, 5.41) is 0. The summed E-state index contributed by atoms with van der Waals surface area (Å²) in [6, 6.07) is 3.99. The average molecular weight is 417 g/mol. The van der Waals surface area contributed by atoms with Crippen molar-refractivity contribution < 1.29 is 18.3 Å². The van der Waals surface area contributed by atoms with Gasteiger partial charge in [0.15, 0.2) is 11.6 Å². The Labute approximate surface area is 173 Å². The number of anilines is 1. The van der Waals surface area contributed by atoms with Crippen LogP contribution in [0.5, 0.6) is 5.75 Å². The Hall–Kier alpha value is -2.39. The lowest BCUT2D eigenvalue weighted by molar-refractivity contribution is -0.0494. The van der Waals surface area contributed by atoms with Gasteiger partial charge in [-0.3, -0.25) is 4.90 Å². The summed E-state index contributed by atoms with van der Waals surface area (Å²) in [6.07, 6.45) is 3.35. The van der Waals surface area contributed by atoms with Gasteiger partial charge in [0.05, 0.1) is 12.3 Å². The molecule has 1 aliphatic carbocycles. The molecule has 5 rings (SSSR count). The second kappa shape index (κ2) is 7.70. The van der Waals surface area contributed by atoms with Crippen LogP contribution in [-0.2, 0) is 11.2 Å². The molecule has 1 saturated carbocycles. The molecule has 0 radical (unpaired) electrons. The number of nitrogen functional groups attached to an aromatic ring is 1. The highest BCUT2D eigenvalue weighted by Gasteiger charge is 2.58. The van der Waals surface area contributed by atoms with Crippen LogP contribution >= 0.6 is 0 Å². The number of hydrogen-bond acceptors (Lipinski definition) is 7. The van der Waals surface area contributed by atoms with E-state index >= 15 is 0 Å². The molecule has 2 aliphatic heterocycles. The number of fused-ring (bicyclic) bond motifs is 1. The Balaban J connectivity index is 1.38. The maximum Gasteiger partial charge on any atom is 0.387 e. The summed E-state index contributed by atoms with van der Waals surface area (Å²) >= 11 is 0. The van der Waals surface area contributed by atoms with E-state index in [1.165, 1.54) is 12.3 Å². The summed E-state index contributed by atoms with van der Waals surface area (Å²) in [7, 11) is 0. The molecule has 2 aromatic rings. The highest BCUT2D eigenvalue weighted by Crippen LogP contribution is 2.58. The molecule has 4 atom stereocenters. The molecule has 160 valence electrons. The van der Waals surface area contributed by atoms with Crippen molar-refractivity contribution in [1.82, 2.24) is 19.9 Å². The van der Waals surface area contributed by atoms with E-state index in [0.29, 0.717) is 41.5 Å². The fourth-order valence-corrected chi connectivity index (χ4v) is 4.89. The topological polar surface area (TPSA) is 86.4 Å². The highest BCUT2D eigenvalue weighted by atomic mass is 19.3. The van der Waals surface area contributed by atoms with Gasteiger partial charge in [-0.05, 0) is 30.4 Å². The molecule has 0 amide bonds. The Bertz CT molecular complexity index is 926. The molecule has 2 N–H and O–H groups in total. The number of aryl methyl sites for hydroxylation is 1. The Morgan fingerprint density at radius 2 is 2.07 bits per heavy atom. The van der Waals surface area contributed by atoms with Gasteiger partial charge in [0, 0.05) is 55.5 Å². The van der Waals surface area contributed by atoms with E-state index in [9.17, 15) is 8.78 Å². The molecule has 2 unspecified atom stereocenters. The summed E-state index contributed by atoms with van der Waals surface area (Å²) in [4.78, 5) is 15.9. The number of ether oxygens (including phenoxy) is 2. The van der Waals surface area contributed by atoms with Gasteiger partial charge in [0.2, 0.25) is 0 Å². The van der Waals surface area contributed by atoms with Crippen molar-refractivity contribution in [2.45, 2.75) is 38.3 Å². The van der Waals surface area contributed by atoms with Crippen LogP contribution in [0.25, 0.3) is 11.3 Å². The molecule has 30 heavy (non-hydrogen) atoms. The van der Waals surface area contributed by atoms with Crippen molar-refractivity contribution in [3.05, 3.63) is 29.8 Å². The van der Waals surface area contributed by atoms with Crippen LogP contribution in [0.2, 0.25) is 0 Å². The fraction of sp³-hybridized carbons (Fsp3) is 0.571. The molecule has 0 spiro atoms. The summed E-state index contributed by atoms with van der Waals surface area (Å²) in [5.41, 5.74) is 7.95. The Morgan fingerprint density at radius 3 is 2.73 bits per heavy atom. The average Bonchev–Trinajstić information content (AvgIpc) is 3.11. The second-order valence-electron chi connectivity index (χ2n) is 8.26. The second-order valence-corrected chi connectivity index (χ2v) is 8.26. The van der Waals surface area contributed by atoms with Crippen LogP contribution < -0.4 is 10.5 Å². The van der Waals surface area contributed by atoms with E-state index in [4.69, 9.17) is 15.5 Å². The zero-order valence-corrected chi connectivity index (χ0v) is 16.8. The van der Waals surface area contributed by atoms with Gasteiger partial charge in [-0.2, -0.15) is 8.78 Å². The van der Waals surface area contributed by atoms with Crippen LogP contribution in [0.4, 0.5) is 14.6 Å². The number of nitrogens with zero attached hydrogens (tertiary/aromatic N) is 4. The van der Waals surface area contributed by atoms with Gasteiger partial charge in [0.25, 0.3) is 0 Å². The number of halogens is 2. The largest absolute Gasteiger partial charge is 0.431 e. The molecular formula is C21H25F2N5O2. The van der Waals surface area contributed by atoms with Crippen LogP contribution in [0.1, 0.15) is 30.8 Å². The van der Waals surface area contributed by atoms with Crippen LogP contribution in [0, 0.1) is 11.8 Å². The summed E-state index contributed by atoms with van der Waals surface area (Å²) in [5.74, 6) is 2.17. The minimum absolute atomic E-state index is 0.0725. The smallest absolute Gasteiger partial charge is 0.387 e. The monoisotopic (exact) mass is 417 g/mol. The van der Waals surface area contributed by atoms with E-state index in [1.54, 1.807) is 0 Å². The van der Waals surface area contributed by atoms with Crippen molar-refractivity contribution in [1.29, 1.82) is 0 Å². The minimum atomic E-state index is -2.96. The molecule has 2 saturated heterocycles. The van der Waals surface area contributed by atoms with E-state index < -0.39 is 6.61 Å².